The molecule has 1 aliphatic rings. The van der Waals surface area contributed by atoms with Crippen LogP contribution in [0.5, 0.6) is 0 Å². The van der Waals surface area contributed by atoms with Crippen LogP contribution in [-0.2, 0) is 16.1 Å². The van der Waals surface area contributed by atoms with Gasteiger partial charge in [-0.3, -0.25) is 9.59 Å². The van der Waals surface area contributed by atoms with E-state index in [2.05, 4.69) is 5.32 Å². The van der Waals surface area contributed by atoms with Crippen LogP contribution in [0.15, 0.2) is 18.2 Å². The third kappa shape index (κ3) is 2.77. The smallest absolute Gasteiger partial charge is 0.248 e. The summed E-state index contributed by atoms with van der Waals surface area (Å²) in [7, 11) is 0. The maximum Gasteiger partial charge on any atom is 0.248 e. The molecule has 4 nitrogen and oxygen atoms in total. The molecule has 0 saturated carbocycles. The molecule has 0 aromatic heterocycles. The topological polar surface area (TPSA) is 49.4 Å². The Morgan fingerprint density at radius 1 is 1.45 bits per heavy atom. The van der Waals surface area contributed by atoms with Crippen molar-refractivity contribution < 1.29 is 14.0 Å². The molecule has 1 fully saturated rings. The molecule has 1 saturated heterocycles. The van der Waals surface area contributed by atoms with Crippen LogP contribution in [-0.4, -0.2) is 28.8 Å². The van der Waals surface area contributed by atoms with Gasteiger partial charge in [0, 0.05) is 6.54 Å². The maximum atomic E-state index is 13.1. The minimum absolute atomic E-state index is 0.00339. The zero-order valence-electron chi connectivity index (χ0n) is 11.4. The highest BCUT2D eigenvalue weighted by Crippen LogP contribution is 2.22. The number of hydrogen-bond donors (Lipinski definition) is 1. The summed E-state index contributed by atoms with van der Waals surface area (Å²) in [5.41, 5.74) is -0.183. The number of carbonyl (C=O) groups is 2. The summed E-state index contributed by atoms with van der Waals surface area (Å²) < 4.78 is 13.1. The van der Waals surface area contributed by atoms with Crippen molar-refractivity contribution in [1.29, 1.82) is 0 Å². The molecule has 0 radical (unpaired) electrons. The molecule has 0 bridgehead atoms. The third-order valence-electron chi connectivity index (χ3n) is 3.57. The molecular weight excluding hydrogens is 283 g/mol. The standard InChI is InChI=1S/C14H16ClFN2O2/c1-3-14(2)13(20)18(8-12(19)17-14)7-9-4-5-11(16)10(15)6-9/h4-6H,3,7-8H2,1-2H3,(H,17,19). The lowest BCUT2D eigenvalue weighted by Crippen LogP contribution is -2.64. The first-order valence-electron chi connectivity index (χ1n) is 6.40. The predicted molar refractivity (Wildman–Crippen MR) is 73.7 cm³/mol. The fourth-order valence-corrected chi connectivity index (χ4v) is 2.42. The Morgan fingerprint density at radius 3 is 2.75 bits per heavy atom. The highest BCUT2D eigenvalue weighted by atomic mass is 35.5. The molecule has 1 N–H and O–H groups in total. The summed E-state index contributed by atoms with van der Waals surface area (Å²) in [6, 6.07) is 4.29. The van der Waals surface area contributed by atoms with E-state index < -0.39 is 11.4 Å². The Bertz CT molecular complexity index is 564. The normalized spacial score (nSPS) is 22.9. The summed E-state index contributed by atoms with van der Waals surface area (Å²) in [4.78, 5) is 25.6. The van der Waals surface area contributed by atoms with Crippen molar-refractivity contribution in [2.24, 2.45) is 0 Å². The summed E-state index contributed by atoms with van der Waals surface area (Å²) >= 11 is 5.72. The van der Waals surface area contributed by atoms with Crippen molar-refractivity contribution in [2.75, 3.05) is 6.54 Å². The van der Waals surface area contributed by atoms with Gasteiger partial charge in [0.1, 0.15) is 11.4 Å². The van der Waals surface area contributed by atoms with Gasteiger partial charge in [0.2, 0.25) is 11.8 Å². The molecule has 1 aromatic carbocycles. The highest BCUT2D eigenvalue weighted by Gasteiger charge is 2.41. The van der Waals surface area contributed by atoms with Crippen LogP contribution in [0, 0.1) is 5.82 Å². The Morgan fingerprint density at radius 2 is 2.15 bits per heavy atom. The second-order valence-electron chi connectivity index (χ2n) is 5.14. The molecule has 2 amide bonds. The molecule has 1 aliphatic heterocycles. The van der Waals surface area contributed by atoms with Crippen molar-refractivity contribution in [2.45, 2.75) is 32.4 Å². The van der Waals surface area contributed by atoms with Crippen molar-refractivity contribution in [3.05, 3.63) is 34.6 Å². The lowest BCUT2D eigenvalue weighted by atomic mass is 9.94. The number of benzene rings is 1. The minimum atomic E-state index is -0.876. The van der Waals surface area contributed by atoms with Crippen LogP contribution >= 0.6 is 11.6 Å². The quantitative estimate of drug-likeness (QED) is 0.929. The van der Waals surface area contributed by atoms with E-state index in [9.17, 15) is 14.0 Å². The number of carbonyl (C=O) groups excluding carboxylic acids is 2. The average molecular weight is 299 g/mol. The number of halogens is 2. The van der Waals surface area contributed by atoms with Crippen molar-refractivity contribution >= 4 is 23.4 Å². The molecule has 6 heteroatoms. The summed E-state index contributed by atoms with van der Waals surface area (Å²) in [5.74, 6) is -0.835. The molecule has 0 aliphatic carbocycles. The van der Waals surface area contributed by atoms with Crippen molar-refractivity contribution in [3.63, 3.8) is 0 Å². The predicted octanol–water partition coefficient (Wildman–Crippen LogP) is 2.11. The SMILES string of the molecule is CCC1(C)NC(=O)CN(Cc2ccc(F)c(Cl)c2)C1=O. The van der Waals surface area contributed by atoms with Crippen LogP contribution in [0.3, 0.4) is 0 Å². The van der Waals surface area contributed by atoms with E-state index in [0.717, 1.165) is 0 Å². The van der Waals surface area contributed by atoms with Gasteiger partial charge in [0.05, 0.1) is 11.6 Å². The first-order valence-corrected chi connectivity index (χ1v) is 6.78. The van der Waals surface area contributed by atoms with Crippen LogP contribution in [0.25, 0.3) is 0 Å². The number of nitrogens with zero attached hydrogens (tertiary/aromatic N) is 1. The van der Waals surface area contributed by atoms with Crippen molar-refractivity contribution in [3.8, 4) is 0 Å². The van der Waals surface area contributed by atoms with E-state index in [1.54, 1.807) is 13.0 Å². The maximum absolute atomic E-state index is 13.1. The monoisotopic (exact) mass is 298 g/mol. The number of hydrogen-bond acceptors (Lipinski definition) is 2. The van der Waals surface area contributed by atoms with E-state index in [4.69, 9.17) is 11.6 Å². The van der Waals surface area contributed by atoms with E-state index in [1.807, 2.05) is 6.92 Å². The van der Waals surface area contributed by atoms with E-state index in [1.165, 1.54) is 17.0 Å². The van der Waals surface area contributed by atoms with Gasteiger partial charge in [-0.15, -0.1) is 0 Å². The third-order valence-corrected chi connectivity index (χ3v) is 3.86. The lowest BCUT2D eigenvalue weighted by molar-refractivity contribution is -0.149. The van der Waals surface area contributed by atoms with E-state index in [0.29, 0.717) is 12.0 Å². The van der Waals surface area contributed by atoms with Crippen molar-refractivity contribution in [1.82, 2.24) is 10.2 Å². The fourth-order valence-electron chi connectivity index (χ4n) is 2.22. The minimum Gasteiger partial charge on any atom is -0.340 e. The molecular formula is C14H16ClFN2O2. The molecule has 1 heterocycles. The fraction of sp³-hybridized carbons (Fsp3) is 0.429. The van der Waals surface area contributed by atoms with Crippen LogP contribution < -0.4 is 5.32 Å². The number of rotatable bonds is 3. The number of amides is 2. The van der Waals surface area contributed by atoms with Crippen LogP contribution in [0.2, 0.25) is 5.02 Å². The molecule has 20 heavy (non-hydrogen) atoms. The molecule has 1 atom stereocenters. The molecule has 1 unspecified atom stereocenters. The number of piperazine rings is 1. The first kappa shape index (κ1) is 14.8. The second-order valence-corrected chi connectivity index (χ2v) is 5.55. The van der Waals surface area contributed by atoms with Crippen LogP contribution in [0.1, 0.15) is 25.8 Å². The van der Waals surface area contributed by atoms with E-state index >= 15 is 0 Å². The molecule has 1 aromatic rings. The Balaban J connectivity index is 2.21. The largest absolute Gasteiger partial charge is 0.340 e. The molecule has 2 rings (SSSR count). The molecule has 0 spiro atoms. The Hall–Kier alpha value is -1.62. The average Bonchev–Trinajstić information content (AvgIpc) is 2.40. The zero-order valence-corrected chi connectivity index (χ0v) is 12.1. The van der Waals surface area contributed by atoms with Gasteiger partial charge in [-0.05, 0) is 31.0 Å². The van der Waals surface area contributed by atoms with Gasteiger partial charge in [0.25, 0.3) is 0 Å². The van der Waals surface area contributed by atoms with Gasteiger partial charge in [-0.2, -0.15) is 0 Å². The summed E-state index contributed by atoms with van der Waals surface area (Å²) in [6.07, 6.45) is 0.512. The highest BCUT2D eigenvalue weighted by molar-refractivity contribution is 6.30. The Labute approximate surface area is 121 Å². The van der Waals surface area contributed by atoms with Gasteiger partial charge in [-0.25, -0.2) is 4.39 Å². The second kappa shape index (κ2) is 5.40. The zero-order chi connectivity index (χ0) is 14.9. The lowest BCUT2D eigenvalue weighted by Gasteiger charge is -2.39. The van der Waals surface area contributed by atoms with Gasteiger partial charge >= 0.3 is 0 Å². The molecule has 108 valence electrons. The number of nitrogens with one attached hydrogen (secondary N) is 1. The summed E-state index contributed by atoms with van der Waals surface area (Å²) in [5, 5.41) is 2.72. The first-order chi connectivity index (χ1) is 9.35. The van der Waals surface area contributed by atoms with Crippen LogP contribution in [0.4, 0.5) is 4.39 Å². The van der Waals surface area contributed by atoms with E-state index in [-0.39, 0.29) is 29.9 Å². The van der Waals surface area contributed by atoms with Gasteiger partial charge in [-0.1, -0.05) is 24.6 Å². The summed E-state index contributed by atoms with van der Waals surface area (Å²) in [6.45, 7) is 3.79. The van der Waals surface area contributed by atoms with Gasteiger partial charge in [0.15, 0.2) is 0 Å². The van der Waals surface area contributed by atoms with Gasteiger partial charge < -0.3 is 10.2 Å². The Kier molecular flexibility index (Phi) is 3.99.